The Labute approximate surface area is 121 Å². The normalized spacial score (nSPS) is 18.6. The van der Waals surface area contributed by atoms with Gasteiger partial charge in [-0.05, 0) is 56.0 Å². The van der Waals surface area contributed by atoms with Gasteiger partial charge in [0.2, 0.25) is 0 Å². The van der Waals surface area contributed by atoms with E-state index in [2.05, 4.69) is 55.1 Å². The molecule has 1 saturated carbocycles. The lowest BCUT2D eigenvalue weighted by Crippen LogP contribution is -2.22. The minimum Gasteiger partial charge on any atom is -0.490 e. The number of ether oxygens (including phenoxy) is 1. The summed E-state index contributed by atoms with van der Waals surface area (Å²) in [5, 5.41) is 0. The first-order chi connectivity index (χ1) is 9.67. The molecular formula is C17H22N2O. The molecule has 2 aliphatic rings. The van der Waals surface area contributed by atoms with Crippen LogP contribution in [0, 0.1) is 0 Å². The van der Waals surface area contributed by atoms with Crippen LogP contribution in [0.5, 0.6) is 5.75 Å². The molecule has 1 heterocycles. The summed E-state index contributed by atoms with van der Waals surface area (Å²) >= 11 is 0. The maximum absolute atomic E-state index is 5.96. The van der Waals surface area contributed by atoms with Gasteiger partial charge in [0, 0.05) is 18.3 Å². The number of aryl methyl sites for hydroxylation is 1. The third-order valence-electron chi connectivity index (χ3n) is 3.96. The van der Waals surface area contributed by atoms with Crippen molar-refractivity contribution in [1.82, 2.24) is 4.90 Å². The Morgan fingerprint density at radius 3 is 2.80 bits per heavy atom. The maximum Gasteiger partial charge on any atom is 0.122 e. The SMILES string of the molecule is CCc1cc(C2=NCN(C)C(C)=C2)ccc1OC1CC1. The Bertz CT molecular complexity index is 570. The van der Waals surface area contributed by atoms with E-state index in [4.69, 9.17) is 4.74 Å². The fourth-order valence-electron chi connectivity index (χ4n) is 2.32. The highest BCUT2D eigenvalue weighted by Crippen LogP contribution is 2.30. The van der Waals surface area contributed by atoms with Crippen molar-refractivity contribution < 1.29 is 4.74 Å². The summed E-state index contributed by atoms with van der Waals surface area (Å²) in [6.07, 6.45) is 6.00. The standard InChI is InChI=1S/C17H22N2O/c1-4-13-10-14(5-8-17(13)20-15-6-7-15)16-9-12(2)19(3)11-18-16/h5,8-10,15H,4,6-7,11H2,1-3H3. The Morgan fingerprint density at radius 1 is 1.35 bits per heavy atom. The summed E-state index contributed by atoms with van der Waals surface area (Å²) < 4.78 is 5.96. The zero-order valence-corrected chi connectivity index (χ0v) is 12.5. The van der Waals surface area contributed by atoms with Crippen molar-refractivity contribution in [3.63, 3.8) is 0 Å². The molecule has 106 valence electrons. The van der Waals surface area contributed by atoms with Gasteiger partial charge in [-0.15, -0.1) is 0 Å². The Hall–Kier alpha value is -1.77. The molecule has 0 unspecified atom stereocenters. The quantitative estimate of drug-likeness (QED) is 0.838. The van der Waals surface area contributed by atoms with Crippen molar-refractivity contribution in [2.45, 2.75) is 39.2 Å². The molecule has 0 saturated heterocycles. The number of nitrogens with zero attached hydrogens (tertiary/aromatic N) is 2. The summed E-state index contributed by atoms with van der Waals surface area (Å²) in [7, 11) is 2.07. The third-order valence-corrected chi connectivity index (χ3v) is 3.96. The molecule has 3 rings (SSSR count). The van der Waals surface area contributed by atoms with Crippen molar-refractivity contribution in [3.8, 4) is 5.75 Å². The monoisotopic (exact) mass is 270 g/mol. The second-order valence-electron chi connectivity index (χ2n) is 5.66. The van der Waals surface area contributed by atoms with E-state index in [0.29, 0.717) is 6.10 Å². The minimum absolute atomic E-state index is 0.453. The van der Waals surface area contributed by atoms with Gasteiger partial charge in [-0.3, -0.25) is 4.99 Å². The number of hydrogen-bond donors (Lipinski definition) is 0. The molecule has 1 aliphatic carbocycles. The van der Waals surface area contributed by atoms with Gasteiger partial charge in [-0.1, -0.05) is 6.92 Å². The van der Waals surface area contributed by atoms with Crippen LogP contribution in [-0.2, 0) is 6.42 Å². The minimum atomic E-state index is 0.453. The van der Waals surface area contributed by atoms with Crippen LogP contribution in [0.2, 0.25) is 0 Å². The van der Waals surface area contributed by atoms with Gasteiger partial charge in [-0.25, -0.2) is 0 Å². The average Bonchev–Trinajstić information content (AvgIpc) is 3.26. The van der Waals surface area contributed by atoms with Gasteiger partial charge in [0.25, 0.3) is 0 Å². The topological polar surface area (TPSA) is 24.8 Å². The van der Waals surface area contributed by atoms with Crippen LogP contribution in [-0.4, -0.2) is 30.4 Å². The van der Waals surface area contributed by atoms with Gasteiger partial charge >= 0.3 is 0 Å². The number of rotatable bonds is 4. The lowest BCUT2D eigenvalue weighted by atomic mass is 10.0. The predicted molar refractivity (Wildman–Crippen MR) is 82.4 cm³/mol. The van der Waals surface area contributed by atoms with E-state index in [-0.39, 0.29) is 0 Å². The van der Waals surface area contributed by atoms with Crippen LogP contribution in [0.25, 0.3) is 0 Å². The molecule has 20 heavy (non-hydrogen) atoms. The van der Waals surface area contributed by atoms with Gasteiger partial charge in [-0.2, -0.15) is 0 Å². The molecule has 0 aromatic heterocycles. The zero-order chi connectivity index (χ0) is 14.1. The van der Waals surface area contributed by atoms with E-state index in [1.807, 2.05) is 0 Å². The Morgan fingerprint density at radius 2 is 2.15 bits per heavy atom. The van der Waals surface area contributed by atoms with Gasteiger partial charge in [0.15, 0.2) is 0 Å². The molecule has 0 amide bonds. The molecule has 1 aromatic carbocycles. The highest BCUT2D eigenvalue weighted by Gasteiger charge is 2.24. The van der Waals surface area contributed by atoms with E-state index in [1.165, 1.54) is 29.7 Å². The van der Waals surface area contributed by atoms with Crippen molar-refractivity contribution in [2.24, 2.45) is 4.99 Å². The number of allylic oxidation sites excluding steroid dienone is 2. The fourth-order valence-corrected chi connectivity index (χ4v) is 2.32. The first-order valence-electron chi connectivity index (χ1n) is 7.41. The number of benzene rings is 1. The average molecular weight is 270 g/mol. The largest absolute Gasteiger partial charge is 0.490 e. The molecular weight excluding hydrogens is 248 g/mol. The lowest BCUT2D eigenvalue weighted by molar-refractivity contribution is 0.300. The summed E-state index contributed by atoms with van der Waals surface area (Å²) in [6.45, 7) is 5.04. The smallest absolute Gasteiger partial charge is 0.122 e. The predicted octanol–water partition coefficient (Wildman–Crippen LogP) is 3.39. The molecule has 0 N–H and O–H groups in total. The van der Waals surface area contributed by atoms with Gasteiger partial charge in [0.05, 0.1) is 11.8 Å². The van der Waals surface area contributed by atoms with Crippen molar-refractivity contribution in [3.05, 3.63) is 41.1 Å². The molecule has 0 atom stereocenters. The third kappa shape index (κ3) is 2.72. The van der Waals surface area contributed by atoms with Crippen LogP contribution in [0.4, 0.5) is 0 Å². The summed E-state index contributed by atoms with van der Waals surface area (Å²) in [5.41, 5.74) is 4.80. The fraction of sp³-hybridized carbons (Fsp3) is 0.471. The van der Waals surface area contributed by atoms with E-state index < -0.39 is 0 Å². The van der Waals surface area contributed by atoms with Crippen molar-refractivity contribution >= 4 is 5.71 Å². The van der Waals surface area contributed by atoms with E-state index >= 15 is 0 Å². The summed E-state index contributed by atoms with van der Waals surface area (Å²) in [4.78, 5) is 6.78. The maximum atomic E-state index is 5.96. The first-order valence-corrected chi connectivity index (χ1v) is 7.41. The van der Waals surface area contributed by atoms with Crippen LogP contribution in [0.1, 0.15) is 37.8 Å². The number of aliphatic imine (C=N–C) groups is 1. The molecule has 1 fully saturated rings. The van der Waals surface area contributed by atoms with E-state index in [1.54, 1.807) is 0 Å². The molecule has 0 radical (unpaired) electrons. The molecule has 1 aromatic rings. The molecule has 3 nitrogen and oxygen atoms in total. The Balaban J connectivity index is 1.87. The summed E-state index contributed by atoms with van der Waals surface area (Å²) in [5.74, 6) is 1.05. The van der Waals surface area contributed by atoms with E-state index in [0.717, 1.165) is 24.6 Å². The van der Waals surface area contributed by atoms with Crippen LogP contribution < -0.4 is 4.74 Å². The van der Waals surface area contributed by atoms with Crippen molar-refractivity contribution in [1.29, 1.82) is 0 Å². The first kappa shape index (κ1) is 13.2. The summed E-state index contributed by atoms with van der Waals surface area (Å²) in [6, 6.07) is 6.47. The van der Waals surface area contributed by atoms with Crippen LogP contribution in [0.15, 0.2) is 35.0 Å². The second kappa shape index (κ2) is 5.31. The lowest BCUT2D eigenvalue weighted by Gasteiger charge is -2.22. The highest BCUT2D eigenvalue weighted by atomic mass is 16.5. The second-order valence-corrected chi connectivity index (χ2v) is 5.66. The number of hydrogen-bond acceptors (Lipinski definition) is 3. The van der Waals surface area contributed by atoms with Gasteiger partial charge < -0.3 is 9.64 Å². The Kier molecular flexibility index (Phi) is 3.51. The van der Waals surface area contributed by atoms with E-state index in [9.17, 15) is 0 Å². The van der Waals surface area contributed by atoms with Crippen LogP contribution >= 0.6 is 0 Å². The van der Waals surface area contributed by atoms with Crippen molar-refractivity contribution in [2.75, 3.05) is 13.7 Å². The molecule has 3 heteroatoms. The van der Waals surface area contributed by atoms with Crippen LogP contribution in [0.3, 0.4) is 0 Å². The molecule has 0 bridgehead atoms. The zero-order valence-electron chi connectivity index (χ0n) is 12.5. The molecule has 0 spiro atoms. The highest BCUT2D eigenvalue weighted by molar-refractivity contribution is 6.09. The molecule has 1 aliphatic heterocycles. The van der Waals surface area contributed by atoms with Gasteiger partial charge in [0.1, 0.15) is 12.4 Å².